The molecule has 1 fully saturated rings. The average Bonchev–Trinajstić information content (AvgIpc) is 3.25. The molecule has 2 aromatic carbocycles. The van der Waals surface area contributed by atoms with Crippen molar-refractivity contribution in [2.45, 2.75) is 48.3 Å². The van der Waals surface area contributed by atoms with Gasteiger partial charge in [0, 0.05) is 33.5 Å². The van der Waals surface area contributed by atoms with E-state index >= 15 is 0 Å². The minimum Gasteiger partial charge on any atom is -0.357 e. The first kappa shape index (κ1) is 18.4. The number of rotatable bonds is 4. The zero-order chi connectivity index (χ0) is 18.9. The molecule has 28 heavy (non-hydrogen) atoms. The number of benzene rings is 2. The molecule has 1 aliphatic carbocycles. The fourth-order valence-electron chi connectivity index (χ4n) is 4.13. The highest BCUT2D eigenvalue weighted by atomic mass is 32.2. The number of hydrogen-bond donors (Lipinski definition) is 1. The second-order valence-electron chi connectivity index (χ2n) is 7.78. The Kier molecular flexibility index (Phi) is 5.27. The Hall–Kier alpha value is -1.62. The van der Waals surface area contributed by atoms with E-state index in [0.717, 1.165) is 5.57 Å². The molecule has 4 heteroatoms. The van der Waals surface area contributed by atoms with E-state index in [1.54, 1.807) is 0 Å². The summed E-state index contributed by atoms with van der Waals surface area (Å²) < 4.78 is 2.46. The van der Waals surface area contributed by atoms with Crippen molar-refractivity contribution in [2.24, 2.45) is 0 Å². The highest BCUT2D eigenvalue weighted by Gasteiger charge is 2.21. The van der Waals surface area contributed by atoms with Gasteiger partial charge >= 0.3 is 0 Å². The molecule has 5 rings (SSSR count). The molecule has 0 amide bonds. The molecule has 0 atom stereocenters. The van der Waals surface area contributed by atoms with Crippen molar-refractivity contribution in [3.8, 4) is 0 Å². The Morgan fingerprint density at radius 1 is 0.929 bits per heavy atom. The van der Waals surface area contributed by atoms with Gasteiger partial charge in [-0.15, -0.1) is 0 Å². The first-order chi connectivity index (χ1) is 13.8. The van der Waals surface area contributed by atoms with Gasteiger partial charge in [-0.25, -0.2) is 4.31 Å². The number of nitrogens with one attached hydrogen (secondary N) is 1. The van der Waals surface area contributed by atoms with Crippen LogP contribution in [0.1, 0.15) is 49.7 Å². The van der Waals surface area contributed by atoms with Gasteiger partial charge in [0.05, 0.1) is 5.69 Å². The van der Waals surface area contributed by atoms with Gasteiger partial charge in [0.1, 0.15) is 0 Å². The van der Waals surface area contributed by atoms with Crippen LogP contribution in [0.25, 0.3) is 5.57 Å². The summed E-state index contributed by atoms with van der Waals surface area (Å²) in [4.78, 5) is 4.20. The number of hydrogen-bond acceptors (Lipinski definition) is 4. The molecule has 1 saturated heterocycles. The Morgan fingerprint density at radius 3 is 2.50 bits per heavy atom. The van der Waals surface area contributed by atoms with Crippen molar-refractivity contribution in [2.75, 3.05) is 18.4 Å². The van der Waals surface area contributed by atoms with E-state index in [1.165, 1.54) is 88.8 Å². The molecule has 0 spiro atoms. The molecular weight excluding hydrogens is 380 g/mol. The molecule has 144 valence electrons. The summed E-state index contributed by atoms with van der Waals surface area (Å²) in [5.41, 5.74) is 6.18. The topological polar surface area (TPSA) is 15.3 Å². The number of allylic oxidation sites excluding steroid dienone is 2. The van der Waals surface area contributed by atoms with Gasteiger partial charge in [0.2, 0.25) is 0 Å². The van der Waals surface area contributed by atoms with Gasteiger partial charge in [0.25, 0.3) is 0 Å². The number of anilines is 1. The molecule has 2 aliphatic heterocycles. The lowest BCUT2D eigenvalue weighted by atomic mass is 9.98. The maximum Gasteiger partial charge on any atom is 0.0529 e. The summed E-state index contributed by atoms with van der Waals surface area (Å²) in [5, 5.41) is 3.70. The number of fused-ring (bicyclic) bond motifs is 1. The van der Waals surface area contributed by atoms with Crippen molar-refractivity contribution >= 4 is 35.0 Å². The lowest BCUT2D eigenvalue weighted by Crippen LogP contribution is -2.11. The Balaban J connectivity index is 1.32. The average molecular weight is 407 g/mol. The lowest BCUT2D eigenvalue weighted by Gasteiger charge is -2.28. The minimum absolute atomic E-state index is 1.09. The third-order valence-electron chi connectivity index (χ3n) is 5.77. The number of thioether (sulfide) groups is 1. The lowest BCUT2D eigenvalue weighted by molar-refractivity contribution is 0.586. The fraction of sp³-hybridized carbons (Fsp3) is 0.333. The van der Waals surface area contributed by atoms with E-state index in [2.05, 4.69) is 58.7 Å². The molecule has 0 aromatic heterocycles. The summed E-state index contributed by atoms with van der Waals surface area (Å²) in [5.74, 6) is 0. The van der Waals surface area contributed by atoms with E-state index in [0.29, 0.717) is 0 Å². The Morgan fingerprint density at radius 2 is 1.68 bits per heavy atom. The third kappa shape index (κ3) is 3.78. The van der Waals surface area contributed by atoms with Crippen molar-refractivity contribution in [1.29, 1.82) is 0 Å². The van der Waals surface area contributed by atoms with Gasteiger partial charge in [-0.1, -0.05) is 36.5 Å². The first-order valence-corrected chi connectivity index (χ1v) is 11.9. The SMILES string of the molecule is C=C(c1ccc(SN2CCCC2)cc1)c1ccc2c(c1)NC1=C(CCCC1)S2. The zero-order valence-corrected chi connectivity index (χ0v) is 17.8. The molecule has 1 N–H and O–H groups in total. The van der Waals surface area contributed by atoms with E-state index in [1.807, 2.05) is 23.7 Å². The van der Waals surface area contributed by atoms with Crippen LogP contribution in [0.4, 0.5) is 5.69 Å². The van der Waals surface area contributed by atoms with Crippen LogP contribution in [0.2, 0.25) is 0 Å². The van der Waals surface area contributed by atoms with Gasteiger partial charge in [-0.05, 0) is 91.4 Å². The molecule has 2 aromatic rings. The van der Waals surface area contributed by atoms with Crippen LogP contribution >= 0.6 is 23.7 Å². The predicted octanol–water partition coefficient (Wildman–Crippen LogP) is 7.15. The Labute approximate surface area is 176 Å². The van der Waals surface area contributed by atoms with Crippen LogP contribution in [0.15, 0.2) is 69.4 Å². The van der Waals surface area contributed by atoms with Crippen LogP contribution < -0.4 is 5.32 Å². The monoisotopic (exact) mass is 406 g/mol. The second-order valence-corrected chi connectivity index (χ2v) is 10.1. The quantitative estimate of drug-likeness (QED) is 0.542. The summed E-state index contributed by atoms with van der Waals surface area (Å²) in [6.07, 6.45) is 7.68. The predicted molar refractivity (Wildman–Crippen MR) is 123 cm³/mol. The second kappa shape index (κ2) is 8.02. The summed E-state index contributed by atoms with van der Waals surface area (Å²) >= 11 is 3.84. The van der Waals surface area contributed by atoms with Crippen molar-refractivity contribution in [3.63, 3.8) is 0 Å². The van der Waals surface area contributed by atoms with E-state index in [4.69, 9.17) is 0 Å². The van der Waals surface area contributed by atoms with Crippen molar-refractivity contribution in [1.82, 2.24) is 4.31 Å². The molecule has 0 unspecified atom stereocenters. The summed E-state index contributed by atoms with van der Waals surface area (Å²) in [7, 11) is 0. The maximum atomic E-state index is 4.39. The first-order valence-electron chi connectivity index (χ1n) is 10.3. The summed E-state index contributed by atoms with van der Waals surface area (Å²) in [6, 6.07) is 15.6. The largest absolute Gasteiger partial charge is 0.357 e. The van der Waals surface area contributed by atoms with E-state index in [-0.39, 0.29) is 0 Å². The summed E-state index contributed by atoms with van der Waals surface area (Å²) in [6.45, 7) is 6.81. The smallest absolute Gasteiger partial charge is 0.0529 e. The van der Waals surface area contributed by atoms with Crippen LogP contribution in [0.3, 0.4) is 0 Å². The third-order valence-corrected chi connectivity index (χ3v) is 8.15. The molecule has 0 bridgehead atoms. The highest BCUT2D eigenvalue weighted by Crippen LogP contribution is 2.45. The van der Waals surface area contributed by atoms with Crippen LogP contribution in [-0.2, 0) is 0 Å². The standard InChI is InChI=1S/C24H26N2S2/c1-17(18-8-11-20(12-9-18)28-26-14-4-5-15-26)19-10-13-24-22(16-19)25-21-6-2-3-7-23(21)27-24/h8-13,16,25H,1-7,14-15H2. The van der Waals surface area contributed by atoms with E-state index < -0.39 is 0 Å². The van der Waals surface area contributed by atoms with Crippen LogP contribution in [0.5, 0.6) is 0 Å². The highest BCUT2D eigenvalue weighted by molar-refractivity contribution is 8.03. The van der Waals surface area contributed by atoms with Crippen LogP contribution in [0, 0.1) is 0 Å². The molecule has 0 saturated carbocycles. The molecular formula is C24H26N2S2. The van der Waals surface area contributed by atoms with Crippen LogP contribution in [-0.4, -0.2) is 17.4 Å². The normalized spacial score (nSPS) is 19.1. The van der Waals surface area contributed by atoms with Gasteiger partial charge in [-0.3, -0.25) is 0 Å². The van der Waals surface area contributed by atoms with Gasteiger partial charge in [-0.2, -0.15) is 0 Å². The number of nitrogens with zero attached hydrogens (tertiary/aromatic N) is 1. The van der Waals surface area contributed by atoms with Crippen molar-refractivity contribution < 1.29 is 0 Å². The van der Waals surface area contributed by atoms with Gasteiger partial charge < -0.3 is 5.32 Å². The van der Waals surface area contributed by atoms with Crippen molar-refractivity contribution in [3.05, 3.63) is 70.8 Å². The zero-order valence-electron chi connectivity index (χ0n) is 16.2. The Bertz CT molecular complexity index is 924. The van der Waals surface area contributed by atoms with Gasteiger partial charge in [0.15, 0.2) is 0 Å². The molecule has 2 heterocycles. The minimum atomic E-state index is 1.09. The molecule has 3 aliphatic rings. The van der Waals surface area contributed by atoms with E-state index in [9.17, 15) is 0 Å². The molecule has 2 nitrogen and oxygen atoms in total. The maximum absolute atomic E-state index is 4.39. The fourth-order valence-corrected chi connectivity index (χ4v) is 6.28. The molecule has 0 radical (unpaired) electrons.